The minimum Gasteiger partial charge on any atom is -0.368 e. The van der Waals surface area contributed by atoms with Crippen LogP contribution in [0.4, 0.5) is 15.9 Å². The lowest BCUT2D eigenvalue weighted by Crippen LogP contribution is -2.47. The number of piperazine rings is 1. The van der Waals surface area contributed by atoms with Crippen LogP contribution in [-0.2, 0) is 0 Å². The normalized spacial score (nSPS) is 15.4. The van der Waals surface area contributed by atoms with Crippen molar-refractivity contribution in [1.29, 1.82) is 0 Å². The number of hydrogen-bond acceptors (Lipinski definition) is 4. The SMILES string of the molecule is Cc1c(Cl)ncnc1N1CCN(c2ccc(F)cc2)CC1. The highest BCUT2D eigenvalue weighted by Crippen LogP contribution is 2.24. The summed E-state index contributed by atoms with van der Waals surface area (Å²) in [5, 5.41) is 0.501. The van der Waals surface area contributed by atoms with Gasteiger partial charge in [0, 0.05) is 37.4 Å². The van der Waals surface area contributed by atoms with Crippen molar-refractivity contribution in [1.82, 2.24) is 9.97 Å². The fourth-order valence-electron chi connectivity index (χ4n) is 2.57. The Morgan fingerprint density at radius 3 is 2.29 bits per heavy atom. The third kappa shape index (κ3) is 2.93. The average molecular weight is 307 g/mol. The first kappa shape index (κ1) is 14.1. The first-order valence-electron chi connectivity index (χ1n) is 6.88. The van der Waals surface area contributed by atoms with Gasteiger partial charge in [-0.1, -0.05) is 11.6 Å². The summed E-state index contributed by atoms with van der Waals surface area (Å²) >= 11 is 6.05. The topological polar surface area (TPSA) is 32.3 Å². The van der Waals surface area contributed by atoms with Crippen LogP contribution in [0.1, 0.15) is 5.56 Å². The molecule has 0 atom stereocenters. The number of nitrogens with zero attached hydrogens (tertiary/aromatic N) is 4. The smallest absolute Gasteiger partial charge is 0.137 e. The van der Waals surface area contributed by atoms with Crippen molar-refractivity contribution in [2.45, 2.75) is 6.92 Å². The summed E-state index contributed by atoms with van der Waals surface area (Å²) in [6.07, 6.45) is 1.50. The Morgan fingerprint density at radius 2 is 1.62 bits per heavy atom. The van der Waals surface area contributed by atoms with Crippen molar-refractivity contribution in [2.24, 2.45) is 0 Å². The van der Waals surface area contributed by atoms with E-state index in [2.05, 4.69) is 19.8 Å². The van der Waals surface area contributed by atoms with Crippen molar-refractivity contribution in [3.8, 4) is 0 Å². The highest BCUT2D eigenvalue weighted by atomic mass is 35.5. The van der Waals surface area contributed by atoms with Gasteiger partial charge in [-0.2, -0.15) is 0 Å². The van der Waals surface area contributed by atoms with Crippen LogP contribution in [0.2, 0.25) is 5.15 Å². The maximum atomic E-state index is 13.0. The van der Waals surface area contributed by atoms with Gasteiger partial charge in [-0.25, -0.2) is 14.4 Å². The molecule has 1 aromatic carbocycles. The van der Waals surface area contributed by atoms with E-state index in [4.69, 9.17) is 11.6 Å². The summed E-state index contributed by atoms with van der Waals surface area (Å²) in [5.41, 5.74) is 1.96. The van der Waals surface area contributed by atoms with E-state index in [1.54, 1.807) is 0 Å². The molecule has 0 N–H and O–H groups in total. The maximum Gasteiger partial charge on any atom is 0.137 e. The third-order valence-corrected chi connectivity index (χ3v) is 4.15. The van der Waals surface area contributed by atoms with Gasteiger partial charge in [-0.3, -0.25) is 0 Å². The van der Waals surface area contributed by atoms with Crippen LogP contribution < -0.4 is 9.80 Å². The summed E-state index contributed by atoms with van der Waals surface area (Å²) in [5.74, 6) is 0.692. The molecule has 0 aliphatic carbocycles. The van der Waals surface area contributed by atoms with Crippen molar-refractivity contribution >= 4 is 23.1 Å². The molecule has 1 fully saturated rings. The lowest BCUT2D eigenvalue weighted by Gasteiger charge is -2.37. The van der Waals surface area contributed by atoms with Gasteiger partial charge in [0.05, 0.1) is 0 Å². The van der Waals surface area contributed by atoms with E-state index in [0.29, 0.717) is 5.15 Å². The molecule has 1 aliphatic heterocycles. The number of benzene rings is 1. The van der Waals surface area contributed by atoms with E-state index in [0.717, 1.165) is 43.2 Å². The zero-order chi connectivity index (χ0) is 14.8. The molecule has 3 rings (SSSR count). The fraction of sp³-hybridized carbons (Fsp3) is 0.333. The van der Waals surface area contributed by atoms with E-state index < -0.39 is 0 Å². The molecule has 110 valence electrons. The predicted octanol–water partition coefficient (Wildman–Crippen LogP) is 2.90. The van der Waals surface area contributed by atoms with Crippen LogP contribution >= 0.6 is 11.6 Å². The first-order chi connectivity index (χ1) is 10.1. The van der Waals surface area contributed by atoms with E-state index in [-0.39, 0.29) is 5.82 Å². The lowest BCUT2D eigenvalue weighted by molar-refractivity contribution is 0.624. The van der Waals surface area contributed by atoms with Gasteiger partial charge >= 0.3 is 0 Å². The van der Waals surface area contributed by atoms with Crippen molar-refractivity contribution in [3.63, 3.8) is 0 Å². The van der Waals surface area contributed by atoms with E-state index in [9.17, 15) is 4.39 Å². The van der Waals surface area contributed by atoms with Crippen LogP contribution in [0.3, 0.4) is 0 Å². The average Bonchev–Trinajstić information content (AvgIpc) is 2.51. The van der Waals surface area contributed by atoms with Crippen molar-refractivity contribution in [3.05, 3.63) is 47.1 Å². The van der Waals surface area contributed by atoms with Crippen LogP contribution in [-0.4, -0.2) is 36.1 Å². The number of halogens is 2. The zero-order valence-corrected chi connectivity index (χ0v) is 12.5. The Hall–Kier alpha value is -1.88. The molecule has 0 unspecified atom stereocenters. The Morgan fingerprint density at radius 1 is 1.00 bits per heavy atom. The lowest BCUT2D eigenvalue weighted by atomic mass is 10.2. The quantitative estimate of drug-likeness (QED) is 0.799. The summed E-state index contributed by atoms with van der Waals surface area (Å²) in [4.78, 5) is 12.8. The molecule has 1 aromatic heterocycles. The van der Waals surface area contributed by atoms with Gasteiger partial charge in [0.1, 0.15) is 23.1 Å². The fourth-order valence-corrected chi connectivity index (χ4v) is 2.70. The number of hydrogen-bond donors (Lipinski definition) is 0. The summed E-state index contributed by atoms with van der Waals surface area (Å²) in [6.45, 7) is 5.38. The third-order valence-electron chi connectivity index (χ3n) is 3.77. The molecule has 0 spiro atoms. The van der Waals surface area contributed by atoms with Crippen molar-refractivity contribution < 1.29 is 4.39 Å². The number of anilines is 2. The van der Waals surface area contributed by atoms with Gasteiger partial charge in [0.15, 0.2) is 0 Å². The van der Waals surface area contributed by atoms with Crippen LogP contribution in [0, 0.1) is 12.7 Å². The molecule has 21 heavy (non-hydrogen) atoms. The van der Waals surface area contributed by atoms with Gasteiger partial charge in [-0.05, 0) is 31.2 Å². The van der Waals surface area contributed by atoms with Crippen LogP contribution in [0.25, 0.3) is 0 Å². The number of aromatic nitrogens is 2. The van der Waals surface area contributed by atoms with E-state index in [1.807, 2.05) is 19.1 Å². The highest BCUT2D eigenvalue weighted by Gasteiger charge is 2.20. The van der Waals surface area contributed by atoms with E-state index >= 15 is 0 Å². The summed E-state index contributed by atoms with van der Waals surface area (Å²) < 4.78 is 13.0. The van der Waals surface area contributed by atoms with Gasteiger partial charge in [0.2, 0.25) is 0 Å². The molecule has 1 aliphatic rings. The maximum absolute atomic E-state index is 13.0. The molecule has 0 saturated carbocycles. The Labute approximate surface area is 128 Å². The molecule has 2 heterocycles. The predicted molar refractivity (Wildman–Crippen MR) is 82.6 cm³/mol. The molecule has 2 aromatic rings. The minimum absolute atomic E-state index is 0.205. The van der Waals surface area contributed by atoms with Gasteiger partial charge in [-0.15, -0.1) is 0 Å². The first-order valence-corrected chi connectivity index (χ1v) is 7.25. The van der Waals surface area contributed by atoms with Crippen molar-refractivity contribution in [2.75, 3.05) is 36.0 Å². The second kappa shape index (κ2) is 5.85. The van der Waals surface area contributed by atoms with Crippen LogP contribution in [0.15, 0.2) is 30.6 Å². The largest absolute Gasteiger partial charge is 0.368 e. The zero-order valence-electron chi connectivity index (χ0n) is 11.8. The van der Waals surface area contributed by atoms with Gasteiger partial charge < -0.3 is 9.80 Å². The molecule has 0 radical (unpaired) electrons. The Bertz CT molecular complexity index is 624. The van der Waals surface area contributed by atoms with Crippen LogP contribution in [0.5, 0.6) is 0 Å². The molecule has 6 heteroatoms. The monoisotopic (exact) mass is 306 g/mol. The number of rotatable bonds is 2. The summed E-state index contributed by atoms with van der Waals surface area (Å²) in [7, 11) is 0. The summed E-state index contributed by atoms with van der Waals surface area (Å²) in [6, 6.07) is 6.63. The molecular formula is C15H16ClFN4. The highest BCUT2D eigenvalue weighted by molar-refractivity contribution is 6.30. The second-order valence-electron chi connectivity index (χ2n) is 5.06. The standard InChI is InChI=1S/C15H16ClFN4/c1-11-14(16)18-10-19-15(11)21-8-6-20(7-9-21)13-4-2-12(17)3-5-13/h2-5,10H,6-9H2,1H3. The molecule has 0 bridgehead atoms. The molecule has 1 saturated heterocycles. The molecular weight excluding hydrogens is 291 g/mol. The Kier molecular flexibility index (Phi) is 3.92. The van der Waals surface area contributed by atoms with E-state index in [1.165, 1.54) is 18.5 Å². The molecule has 4 nitrogen and oxygen atoms in total. The Balaban J connectivity index is 1.70. The second-order valence-corrected chi connectivity index (χ2v) is 5.42. The van der Waals surface area contributed by atoms with Gasteiger partial charge in [0.25, 0.3) is 0 Å². The minimum atomic E-state index is -0.205. The molecule has 0 amide bonds.